The van der Waals surface area contributed by atoms with Crippen LogP contribution in [0.2, 0.25) is 0 Å². The minimum Gasteiger partial charge on any atom is -0.486 e. The molecule has 0 fully saturated rings. The predicted octanol–water partition coefficient (Wildman–Crippen LogP) is 4.85. The van der Waals surface area contributed by atoms with E-state index in [1.54, 1.807) is 24.3 Å². The molecular weight excluding hydrogens is 400 g/mol. The van der Waals surface area contributed by atoms with Crippen molar-refractivity contribution < 1.29 is 19.1 Å². The fraction of sp³-hybridized carbons (Fsp3) is 0.0909. The number of nitro groups is 1. The molecule has 9 nitrogen and oxygen atoms in total. The first-order chi connectivity index (χ1) is 15.2. The summed E-state index contributed by atoms with van der Waals surface area (Å²) in [5.74, 6) is 1.49. The molecule has 154 valence electrons. The lowest BCUT2D eigenvalue weighted by Gasteiger charge is -2.19. The molecule has 0 saturated carbocycles. The van der Waals surface area contributed by atoms with Gasteiger partial charge in [0, 0.05) is 17.1 Å². The largest absolute Gasteiger partial charge is 0.486 e. The predicted molar refractivity (Wildman–Crippen MR) is 113 cm³/mol. The number of hydrogen-bond acceptors (Lipinski definition) is 8. The summed E-state index contributed by atoms with van der Waals surface area (Å²) in [6.07, 6.45) is 1.22. The molecule has 3 aromatic carbocycles. The smallest absolute Gasteiger partial charge is 0.373 e. The molecule has 0 bridgehead atoms. The summed E-state index contributed by atoms with van der Waals surface area (Å²) in [4.78, 5) is 19.4. The monoisotopic (exact) mass is 416 g/mol. The molecule has 5 rings (SSSR count). The van der Waals surface area contributed by atoms with Crippen LogP contribution in [0.5, 0.6) is 23.1 Å². The van der Waals surface area contributed by atoms with Gasteiger partial charge in [-0.2, -0.15) is 4.98 Å². The fourth-order valence-corrected chi connectivity index (χ4v) is 3.34. The van der Waals surface area contributed by atoms with Crippen LogP contribution >= 0.6 is 0 Å². The van der Waals surface area contributed by atoms with E-state index in [1.807, 2.05) is 36.4 Å². The van der Waals surface area contributed by atoms with Crippen LogP contribution < -0.4 is 19.5 Å². The van der Waals surface area contributed by atoms with Crippen LogP contribution in [0.4, 0.5) is 17.2 Å². The first-order valence-electron chi connectivity index (χ1n) is 9.51. The van der Waals surface area contributed by atoms with E-state index in [4.69, 9.17) is 14.2 Å². The molecule has 31 heavy (non-hydrogen) atoms. The Balaban J connectivity index is 1.51. The zero-order valence-corrected chi connectivity index (χ0v) is 16.1. The number of rotatable bonds is 5. The molecule has 0 amide bonds. The molecule has 1 N–H and O–H groups in total. The van der Waals surface area contributed by atoms with Crippen molar-refractivity contribution in [2.24, 2.45) is 0 Å². The number of nitrogens with zero attached hydrogens (tertiary/aromatic N) is 3. The van der Waals surface area contributed by atoms with Gasteiger partial charge in [0.1, 0.15) is 25.3 Å². The van der Waals surface area contributed by atoms with E-state index in [0.717, 1.165) is 10.8 Å². The van der Waals surface area contributed by atoms with E-state index in [9.17, 15) is 10.1 Å². The summed E-state index contributed by atoms with van der Waals surface area (Å²) in [7, 11) is 0. The van der Waals surface area contributed by atoms with Gasteiger partial charge in [-0.25, -0.2) is 4.98 Å². The molecule has 0 atom stereocenters. The van der Waals surface area contributed by atoms with Crippen molar-refractivity contribution in [3.63, 3.8) is 0 Å². The summed E-state index contributed by atoms with van der Waals surface area (Å²) in [6.45, 7) is 0.916. The standard InChI is InChI=1S/C22H16N4O5/c27-26(28)20-21(25-15-8-9-18-19(12-15)30-11-10-29-18)23-13-24-22(20)31-17-7-3-5-14-4-1-2-6-16(14)17/h1-9,12-13H,10-11H2,(H,23,24,25). The van der Waals surface area contributed by atoms with Crippen molar-refractivity contribution in [3.8, 4) is 23.1 Å². The van der Waals surface area contributed by atoms with Crippen molar-refractivity contribution in [3.05, 3.63) is 77.1 Å². The number of aromatic nitrogens is 2. The molecule has 2 heterocycles. The van der Waals surface area contributed by atoms with Gasteiger partial charge in [0.05, 0.1) is 4.92 Å². The Morgan fingerprint density at radius 1 is 0.968 bits per heavy atom. The lowest BCUT2D eigenvalue weighted by molar-refractivity contribution is -0.385. The third-order valence-corrected chi connectivity index (χ3v) is 4.73. The quantitative estimate of drug-likeness (QED) is 0.363. The summed E-state index contributed by atoms with van der Waals surface area (Å²) in [6, 6.07) is 18.3. The van der Waals surface area contributed by atoms with E-state index in [-0.39, 0.29) is 17.4 Å². The molecule has 0 radical (unpaired) electrons. The van der Waals surface area contributed by atoms with Gasteiger partial charge in [-0.05, 0) is 23.6 Å². The lowest BCUT2D eigenvalue weighted by Crippen LogP contribution is -2.15. The number of hydrogen-bond donors (Lipinski definition) is 1. The average molecular weight is 416 g/mol. The molecule has 1 aliphatic heterocycles. The van der Waals surface area contributed by atoms with E-state index in [1.165, 1.54) is 6.33 Å². The highest BCUT2D eigenvalue weighted by atomic mass is 16.6. The fourth-order valence-electron chi connectivity index (χ4n) is 3.34. The van der Waals surface area contributed by atoms with Gasteiger partial charge >= 0.3 is 11.6 Å². The van der Waals surface area contributed by atoms with Crippen LogP contribution in [-0.2, 0) is 0 Å². The third kappa shape index (κ3) is 3.64. The van der Waals surface area contributed by atoms with Crippen molar-refractivity contribution in [1.82, 2.24) is 9.97 Å². The summed E-state index contributed by atoms with van der Waals surface area (Å²) >= 11 is 0. The highest BCUT2D eigenvalue weighted by molar-refractivity contribution is 5.88. The number of benzene rings is 3. The van der Waals surface area contributed by atoms with Gasteiger partial charge in [0.15, 0.2) is 11.5 Å². The van der Waals surface area contributed by atoms with Crippen LogP contribution in [0.15, 0.2) is 67.0 Å². The van der Waals surface area contributed by atoms with E-state index >= 15 is 0 Å². The van der Waals surface area contributed by atoms with Gasteiger partial charge in [0.25, 0.3) is 0 Å². The van der Waals surface area contributed by atoms with E-state index in [2.05, 4.69) is 15.3 Å². The highest BCUT2D eigenvalue weighted by Crippen LogP contribution is 2.39. The van der Waals surface area contributed by atoms with Gasteiger partial charge in [0.2, 0.25) is 5.82 Å². The van der Waals surface area contributed by atoms with E-state index < -0.39 is 4.92 Å². The number of fused-ring (bicyclic) bond motifs is 2. The van der Waals surface area contributed by atoms with E-state index in [0.29, 0.717) is 36.1 Å². The van der Waals surface area contributed by atoms with Gasteiger partial charge < -0.3 is 19.5 Å². The Hall–Kier alpha value is -4.40. The maximum Gasteiger partial charge on any atom is 0.373 e. The van der Waals surface area contributed by atoms with Gasteiger partial charge in [-0.3, -0.25) is 10.1 Å². The maximum atomic E-state index is 11.9. The molecule has 9 heteroatoms. The lowest BCUT2D eigenvalue weighted by atomic mass is 10.1. The molecule has 1 aliphatic rings. The Labute approximate surface area is 176 Å². The normalized spacial score (nSPS) is 12.4. The minimum absolute atomic E-state index is 0.00640. The molecule has 0 unspecified atom stereocenters. The second kappa shape index (κ2) is 7.79. The Morgan fingerprint density at radius 2 is 1.77 bits per heavy atom. The SMILES string of the molecule is O=[N+]([O-])c1c(Nc2ccc3c(c2)OCCO3)ncnc1Oc1cccc2ccccc12. The van der Waals surface area contributed by atoms with Crippen LogP contribution in [0.25, 0.3) is 10.8 Å². The Morgan fingerprint density at radius 3 is 2.65 bits per heavy atom. The zero-order chi connectivity index (χ0) is 21.2. The Bertz CT molecular complexity index is 1290. The highest BCUT2D eigenvalue weighted by Gasteiger charge is 2.26. The maximum absolute atomic E-state index is 11.9. The molecule has 0 saturated heterocycles. The summed E-state index contributed by atoms with van der Waals surface area (Å²) < 4.78 is 16.9. The minimum atomic E-state index is -0.569. The van der Waals surface area contributed by atoms with Crippen LogP contribution in [0, 0.1) is 10.1 Å². The molecular formula is C22H16N4O5. The van der Waals surface area contributed by atoms with Gasteiger partial charge in [-0.15, -0.1) is 0 Å². The number of anilines is 2. The van der Waals surface area contributed by atoms with Crippen molar-refractivity contribution in [2.75, 3.05) is 18.5 Å². The topological polar surface area (TPSA) is 109 Å². The zero-order valence-electron chi connectivity index (χ0n) is 16.1. The van der Waals surface area contributed by atoms with Crippen molar-refractivity contribution in [1.29, 1.82) is 0 Å². The molecule has 1 aromatic heterocycles. The second-order valence-corrected chi connectivity index (χ2v) is 6.70. The number of ether oxygens (including phenoxy) is 3. The Kier molecular flexibility index (Phi) is 4.68. The summed E-state index contributed by atoms with van der Waals surface area (Å²) in [5, 5.41) is 16.6. The second-order valence-electron chi connectivity index (χ2n) is 6.70. The first-order valence-corrected chi connectivity index (χ1v) is 9.51. The first kappa shape index (κ1) is 18.6. The summed E-state index contributed by atoms with van der Waals surface area (Å²) in [5.41, 5.74) is 0.187. The molecule has 0 spiro atoms. The molecule has 0 aliphatic carbocycles. The van der Waals surface area contributed by atoms with Crippen molar-refractivity contribution >= 4 is 28.0 Å². The van der Waals surface area contributed by atoms with Crippen LogP contribution in [0.3, 0.4) is 0 Å². The average Bonchev–Trinajstić information content (AvgIpc) is 2.79. The van der Waals surface area contributed by atoms with Crippen LogP contribution in [-0.4, -0.2) is 28.1 Å². The molecule has 4 aromatic rings. The van der Waals surface area contributed by atoms with Crippen LogP contribution in [0.1, 0.15) is 0 Å². The van der Waals surface area contributed by atoms with Crippen molar-refractivity contribution in [2.45, 2.75) is 0 Å². The van der Waals surface area contributed by atoms with Gasteiger partial charge in [-0.1, -0.05) is 36.4 Å². The third-order valence-electron chi connectivity index (χ3n) is 4.73. The number of nitrogens with one attached hydrogen (secondary N) is 1.